The molecule has 1 heterocycles. The fraction of sp³-hybridized carbons (Fsp3) is 0.667. The highest BCUT2D eigenvalue weighted by atomic mass is 14.8. The number of hydrogen-bond donors (Lipinski definition) is 2. The number of nitrogens with one attached hydrogen (secondary N) is 1. The zero-order valence-corrected chi connectivity index (χ0v) is 9.52. The molecule has 0 spiro atoms. The fourth-order valence-electron chi connectivity index (χ4n) is 2.87. The van der Waals surface area contributed by atoms with Crippen LogP contribution in [0.2, 0.25) is 0 Å². The van der Waals surface area contributed by atoms with Crippen LogP contribution in [0.15, 0.2) is 6.07 Å². The molecule has 2 rings (SSSR count). The molecule has 0 bridgehead atoms. The van der Waals surface area contributed by atoms with Crippen molar-refractivity contribution in [3.8, 4) is 0 Å². The van der Waals surface area contributed by atoms with E-state index in [1.165, 1.54) is 17.0 Å². The molecule has 1 aromatic heterocycles. The molecule has 3 N–H and O–H groups in total. The minimum Gasteiger partial charge on any atom is -0.362 e. The molecule has 2 atom stereocenters. The van der Waals surface area contributed by atoms with E-state index in [1.807, 2.05) is 0 Å². The maximum absolute atomic E-state index is 5.78. The molecule has 2 nitrogen and oxygen atoms in total. The maximum Gasteiger partial charge on any atom is 0.0153 e. The third-order valence-corrected chi connectivity index (χ3v) is 3.83. The van der Waals surface area contributed by atoms with Crippen molar-refractivity contribution in [3.05, 3.63) is 23.0 Å². The zero-order chi connectivity index (χ0) is 10.5. The van der Waals surface area contributed by atoms with E-state index in [1.54, 1.807) is 0 Å². The molecule has 14 heavy (non-hydrogen) atoms. The molecule has 2 heteroatoms. The van der Waals surface area contributed by atoms with Gasteiger partial charge in [-0.3, -0.25) is 0 Å². The van der Waals surface area contributed by atoms with Gasteiger partial charge in [-0.2, -0.15) is 0 Å². The van der Waals surface area contributed by atoms with Crippen molar-refractivity contribution in [2.45, 2.75) is 33.6 Å². The van der Waals surface area contributed by atoms with E-state index in [9.17, 15) is 0 Å². The van der Waals surface area contributed by atoms with Crippen LogP contribution < -0.4 is 5.73 Å². The molecule has 0 amide bonds. The minimum absolute atomic E-state index is 0.397. The van der Waals surface area contributed by atoms with Crippen LogP contribution in [0.5, 0.6) is 0 Å². The van der Waals surface area contributed by atoms with Crippen molar-refractivity contribution in [2.75, 3.05) is 6.54 Å². The van der Waals surface area contributed by atoms with Crippen LogP contribution in [0.25, 0.3) is 0 Å². The van der Waals surface area contributed by atoms with Gasteiger partial charge in [0.1, 0.15) is 0 Å². The summed E-state index contributed by atoms with van der Waals surface area (Å²) in [6.07, 6.45) is 0. The summed E-state index contributed by atoms with van der Waals surface area (Å²) < 4.78 is 0. The van der Waals surface area contributed by atoms with Crippen molar-refractivity contribution in [2.24, 2.45) is 17.1 Å². The highest BCUT2D eigenvalue weighted by Crippen LogP contribution is 2.64. The predicted octanol–water partition coefficient (Wildman–Crippen LogP) is 2.33. The Morgan fingerprint density at radius 2 is 2.07 bits per heavy atom. The van der Waals surface area contributed by atoms with Crippen LogP contribution in [0, 0.1) is 25.2 Å². The molecule has 0 aromatic carbocycles. The molecule has 1 aromatic rings. The molecule has 1 fully saturated rings. The SMILES string of the molecule is Cc1cc(C2C(CN)C2(C)C)c(C)[nH]1. The molecular formula is C12H20N2. The highest BCUT2D eigenvalue weighted by molar-refractivity contribution is 5.37. The average molecular weight is 192 g/mol. The van der Waals surface area contributed by atoms with Gasteiger partial charge in [0.25, 0.3) is 0 Å². The summed E-state index contributed by atoms with van der Waals surface area (Å²) in [6.45, 7) is 9.71. The number of H-pyrrole nitrogens is 1. The molecule has 0 aliphatic heterocycles. The first-order chi connectivity index (χ1) is 6.48. The first-order valence-electron chi connectivity index (χ1n) is 5.34. The van der Waals surface area contributed by atoms with E-state index in [0.717, 1.165) is 6.54 Å². The van der Waals surface area contributed by atoms with Crippen molar-refractivity contribution < 1.29 is 0 Å². The average Bonchev–Trinajstić information content (AvgIpc) is 2.46. The van der Waals surface area contributed by atoms with E-state index >= 15 is 0 Å². The molecule has 0 saturated heterocycles. The quantitative estimate of drug-likeness (QED) is 0.742. The lowest BCUT2D eigenvalue weighted by Gasteiger charge is -2.01. The van der Waals surface area contributed by atoms with Crippen LogP contribution in [-0.2, 0) is 0 Å². The number of rotatable bonds is 2. The zero-order valence-electron chi connectivity index (χ0n) is 9.52. The van der Waals surface area contributed by atoms with Gasteiger partial charge in [0.2, 0.25) is 0 Å². The van der Waals surface area contributed by atoms with E-state index in [-0.39, 0.29) is 0 Å². The molecule has 1 aliphatic carbocycles. The Bertz CT molecular complexity index is 349. The van der Waals surface area contributed by atoms with Crippen LogP contribution >= 0.6 is 0 Å². The van der Waals surface area contributed by atoms with E-state index in [0.29, 0.717) is 17.3 Å². The Balaban J connectivity index is 2.30. The lowest BCUT2D eigenvalue weighted by Crippen LogP contribution is -2.05. The first-order valence-corrected chi connectivity index (χ1v) is 5.34. The lowest BCUT2D eigenvalue weighted by molar-refractivity contribution is 0.558. The summed E-state index contributed by atoms with van der Waals surface area (Å²) in [7, 11) is 0. The molecule has 2 unspecified atom stereocenters. The van der Waals surface area contributed by atoms with Crippen LogP contribution in [0.4, 0.5) is 0 Å². The summed E-state index contributed by atoms with van der Waals surface area (Å²) in [5.74, 6) is 1.33. The Kier molecular flexibility index (Phi) is 2.00. The number of aromatic nitrogens is 1. The van der Waals surface area contributed by atoms with E-state index < -0.39 is 0 Å². The van der Waals surface area contributed by atoms with Crippen molar-refractivity contribution in [3.63, 3.8) is 0 Å². The third-order valence-electron chi connectivity index (χ3n) is 3.83. The fourth-order valence-corrected chi connectivity index (χ4v) is 2.87. The van der Waals surface area contributed by atoms with Gasteiger partial charge in [-0.25, -0.2) is 0 Å². The smallest absolute Gasteiger partial charge is 0.0153 e. The Labute approximate surface area is 85.9 Å². The number of aryl methyl sites for hydroxylation is 2. The van der Waals surface area contributed by atoms with Gasteiger partial charge in [0.05, 0.1) is 0 Å². The molecule has 1 aliphatic rings. The second-order valence-electron chi connectivity index (χ2n) is 5.17. The summed E-state index contributed by atoms with van der Waals surface area (Å²) in [4.78, 5) is 3.37. The van der Waals surface area contributed by atoms with Gasteiger partial charge in [0.15, 0.2) is 0 Å². The Hall–Kier alpha value is -0.760. The van der Waals surface area contributed by atoms with Gasteiger partial charge in [-0.15, -0.1) is 0 Å². The summed E-state index contributed by atoms with van der Waals surface area (Å²) >= 11 is 0. The lowest BCUT2D eigenvalue weighted by atomic mass is 10.0. The summed E-state index contributed by atoms with van der Waals surface area (Å²) in [5.41, 5.74) is 10.2. The Morgan fingerprint density at radius 3 is 2.43 bits per heavy atom. The normalized spacial score (nSPS) is 29.2. The Morgan fingerprint density at radius 1 is 1.43 bits per heavy atom. The second-order valence-corrected chi connectivity index (χ2v) is 5.17. The monoisotopic (exact) mass is 192 g/mol. The van der Waals surface area contributed by atoms with Crippen LogP contribution in [-0.4, -0.2) is 11.5 Å². The predicted molar refractivity (Wildman–Crippen MR) is 59.3 cm³/mol. The molecule has 78 valence electrons. The van der Waals surface area contributed by atoms with Gasteiger partial charge in [-0.1, -0.05) is 13.8 Å². The van der Waals surface area contributed by atoms with Crippen molar-refractivity contribution in [1.29, 1.82) is 0 Å². The van der Waals surface area contributed by atoms with E-state index in [4.69, 9.17) is 5.73 Å². The number of aromatic amines is 1. The van der Waals surface area contributed by atoms with Crippen LogP contribution in [0.3, 0.4) is 0 Å². The topological polar surface area (TPSA) is 41.8 Å². The second kappa shape index (κ2) is 2.86. The largest absolute Gasteiger partial charge is 0.362 e. The van der Waals surface area contributed by atoms with Crippen LogP contribution in [0.1, 0.15) is 36.7 Å². The van der Waals surface area contributed by atoms with Crippen molar-refractivity contribution >= 4 is 0 Å². The molecular weight excluding hydrogens is 172 g/mol. The molecule has 1 saturated carbocycles. The van der Waals surface area contributed by atoms with Gasteiger partial charge < -0.3 is 10.7 Å². The van der Waals surface area contributed by atoms with Gasteiger partial charge >= 0.3 is 0 Å². The number of hydrogen-bond acceptors (Lipinski definition) is 1. The summed E-state index contributed by atoms with van der Waals surface area (Å²) in [6, 6.07) is 2.28. The molecule has 0 radical (unpaired) electrons. The maximum atomic E-state index is 5.78. The van der Waals surface area contributed by atoms with Crippen molar-refractivity contribution in [1.82, 2.24) is 4.98 Å². The standard InChI is InChI=1S/C12H20N2/c1-7-5-9(8(2)14-7)11-10(6-13)12(11,3)4/h5,10-11,14H,6,13H2,1-4H3. The first kappa shape index (κ1) is 9.78. The minimum atomic E-state index is 0.397. The van der Waals surface area contributed by atoms with Gasteiger partial charge in [0, 0.05) is 11.4 Å². The van der Waals surface area contributed by atoms with E-state index in [2.05, 4.69) is 38.7 Å². The number of nitrogens with two attached hydrogens (primary N) is 1. The van der Waals surface area contributed by atoms with Gasteiger partial charge in [-0.05, 0) is 49.3 Å². The summed E-state index contributed by atoms with van der Waals surface area (Å²) in [5, 5.41) is 0. The third kappa shape index (κ3) is 1.21. The highest BCUT2D eigenvalue weighted by Gasteiger charge is 2.57.